The summed E-state index contributed by atoms with van der Waals surface area (Å²) in [5.74, 6) is 0.0257. The average Bonchev–Trinajstić information content (AvgIpc) is 2.79. The molecule has 0 aromatic rings. The van der Waals surface area contributed by atoms with Crippen LogP contribution in [-0.2, 0) is 9.53 Å². The van der Waals surface area contributed by atoms with Crippen molar-refractivity contribution in [1.29, 1.82) is 0 Å². The van der Waals surface area contributed by atoms with Crippen LogP contribution in [0.15, 0.2) is 12.2 Å². The third-order valence-electron chi connectivity index (χ3n) is 6.45. The summed E-state index contributed by atoms with van der Waals surface area (Å²) in [6, 6.07) is 0. The fourth-order valence-corrected chi connectivity index (χ4v) is 4.26. The predicted molar refractivity (Wildman–Crippen MR) is 142 cm³/mol. The third-order valence-corrected chi connectivity index (χ3v) is 6.45. The summed E-state index contributed by atoms with van der Waals surface area (Å²) < 4.78 is 5.88. The Labute approximate surface area is 202 Å². The lowest BCUT2D eigenvalue weighted by Crippen LogP contribution is -2.17. The van der Waals surface area contributed by atoms with E-state index in [1.54, 1.807) is 0 Å². The van der Waals surface area contributed by atoms with Gasteiger partial charge in [-0.3, -0.25) is 4.79 Å². The Kier molecular flexibility index (Phi) is 25.8. The predicted octanol–water partition coefficient (Wildman–Crippen LogP) is 10.5. The first-order chi connectivity index (χ1) is 15.7. The first-order valence-corrected chi connectivity index (χ1v) is 14.6. The standard InChI is InChI=1S/C30H58O2/c1-4-7-10-13-15-17-19-21-24-27-29(26-23-12-9-6-3)32-30(31)28-25-22-20-18-16-14-11-8-5-2/h21,24,29H,4-20,22-23,25-28H2,1-3H3. The molecule has 0 saturated carbocycles. The molecule has 0 aliphatic rings. The molecule has 0 rings (SSSR count). The van der Waals surface area contributed by atoms with Crippen molar-refractivity contribution in [2.45, 2.75) is 175 Å². The molecule has 32 heavy (non-hydrogen) atoms. The second-order valence-electron chi connectivity index (χ2n) is 9.80. The highest BCUT2D eigenvalue weighted by atomic mass is 16.5. The van der Waals surface area contributed by atoms with Crippen molar-refractivity contribution in [1.82, 2.24) is 0 Å². The normalized spacial score (nSPS) is 12.5. The molecule has 1 unspecified atom stereocenters. The summed E-state index contributed by atoms with van der Waals surface area (Å²) in [6.07, 6.45) is 32.9. The minimum atomic E-state index is 0.0257. The second-order valence-corrected chi connectivity index (χ2v) is 9.80. The molecule has 0 aliphatic carbocycles. The molecular formula is C30H58O2. The molecule has 0 aromatic carbocycles. The Bertz CT molecular complexity index is 402. The molecule has 0 N–H and O–H groups in total. The maximum Gasteiger partial charge on any atom is 0.306 e. The fourth-order valence-electron chi connectivity index (χ4n) is 4.26. The van der Waals surface area contributed by atoms with Gasteiger partial charge in [-0.15, -0.1) is 0 Å². The van der Waals surface area contributed by atoms with E-state index in [1.165, 1.54) is 122 Å². The topological polar surface area (TPSA) is 26.3 Å². The smallest absolute Gasteiger partial charge is 0.306 e. The molecule has 1 atom stereocenters. The fraction of sp³-hybridized carbons (Fsp3) is 0.900. The van der Waals surface area contributed by atoms with Gasteiger partial charge >= 0.3 is 5.97 Å². The maximum absolute atomic E-state index is 12.4. The summed E-state index contributed by atoms with van der Waals surface area (Å²) in [7, 11) is 0. The SMILES string of the molecule is CCCCCCCCC=CCC(CCCCCC)OC(=O)CCCCCCCCCCC. The molecule has 0 saturated heterocycles. The van der Waals surface area contributed by atoms with E-state index in [9.17, 15) is 4.79 Å². The molecule has 0 radical (unpaired) electrons. The van der Waals surface area contributed by atoms with E-state index in [-0.39, 0.29) is 12.1 Å². The maximum atomic E-state index is 12.4. The van der Waals surface area contributed by atoms with Gasteiger partial charge < -0.3 is 4.74 Å². The van der Waals surface area contributed by atoms with Gasteiger partial charge in [0.15, 0.2) is 0 Å². The Morgan fingerprint density at radius 3 is 1.62 bits per heavy atom. The lowest BCUT2D eigenvalue weighted by Gasteiger charge is -2.16. The van der Waals surface area contributed by atoms with Crippen LogP contribution in [-0.4, -0.2) is 12.1 Å². The summed E-state index contributed by atoms with van der Waals surface area (Å²) in [4.78, 5) is 12.4. The number of carbonyl (C=O) groups excluding carboxylic acids is 1. The van der Waals surface area contributed by atoms with Crippen LogP contribution in [0.5, 0.6) is 0 Å². The molecule has 2 nitrogen and oxygen atoms in total. The molecule has 190 valence electrons. The van der Waals surface area contributed by atoms with Crippen LogP contribution in [0.1, 0.15) is 168 Å². The Morgan fingerprint density at radius 1 is 0.594 bits per heavy atom. The molecule has 0 amide bonds. The van der Waals surface area contributed by atoms with E-state index in [2.05, 4.69) is 32.9 Å². The van der Waals surface area contributed by atoms with Crippen molar-refractivity contribution in [3.8, 4) is 0 Å². The van der Waals surface area contributed by atoms with Crippen LogP contribution in [0.25, 0.3) is 0 Å². The highest BCUT2D eigenvalue weighted by molar-refractivity contribution is 5.69. The number of ether oxygens (including phenoxy) is 1. The number of unbranched alkanes of at least 4 members (excludes halogenated alkanes) is 17. The van der Waals surface area contributed by atoms with Crippen LogP contribution in [0, 0.1) is 0 Å². The molecule has 0 aromatic heterocycles. The molecule has 0 fully saturated rings. The van der Waals surface area contributed by atoms with Gasteiger partial charge in [0.2, 0.25) is 0 Å². The summed E-state index contributed by atoms with van der Waals surface area (Å²) in [5, 5.41) is 0. The first-order valence-electron chi connectivity index (χ1n) is 14.6. The van der Waals surface area contributed by atoms with Gasteiger partial charge in [-0.05, 0) is 32.1 Å². The number of allylic oxidation sites excluding steroid dienone is 1. The molecule has 0 heterocycles. The van der Waals surface area contributed by atoms with Crippen LogP contribution < -0.4 is 0 Å². The highest BCUT2D eigenvalue weighted by Gasteiger charge is 2.13. The van der Waals surface area contributed by atoms with E-state index in [1.807, 2.05) is 0 Å². The van der Waals surface area contributed by atoms with E-state index in [0.29, 0.717) is 6.42 Å². The number of hydrogen-bond donors (Lipinski definition) is 0. The van der Waals surface area contributed by atoms with Crippen molar-refractivity contribution >= 4 is 5.97 Å². The van der Waals surface area contributed by atoms with Gasteiger partial charge in [-0.25, -0.2) is 0 Å². The summed E-state index contributed by atoms with van der Waals surface area (Å²) >= 11 is 0. The van der Waals surface area contributed by atoms with Gasteiger partial charge in [-0.2, -0.15) is 0 Å². The van der Waals surface area contributed by atoms with Crippen molar-refractivity contribution in [3.63, 3.8) is 0 Å². The van der Waals surface area contributed by atoms with Crippen LogP contribution in [0.4, 0.5) is 0 Å². The van der Waals surface area contributed by atoms with Gasteiger partial charge in [0, 0.05) is 12.8 Å². The summed E-state index contributed by atoms with van der Waals surface area (Å²) in [5.41, 5.74) is 0. The van der Waals surface area contributed by atoms with Crippen LogP contribution in [0.3, 0.4) is 0 Å². The Hall–Kier alpha value is -0.790. The first kappa shape index (κ1) is 31.2. The zero-order valence-corrected chi connectivity index (χ0v) is 22.3. The van der Waals surface area contributed by atoms with Crippen molar-refractivity contribution in [2.24, 2.45) is 0 Å². The van der Waals surface area contributed by atoms with Crippen molar-refractivity contribution in [2.75, 3.05) is 0 Å². The van der Waals surface area contributed by atoms with Gasteiger partial charge in [0.1, 0.15) is 6.10 Å². The summed E-state index contributed by atoms with van der Waals surface area (Å²) in [6.45, 7) is 6.78. The number of rotatable bonds is 25. The zero-order valence-electron chi connectivity index (χ0n) is 22.3. The van der Waals surface area contributed by atoms with E-state index < -0.39 is 0 Å². The molecule has 0 spiro atoms. The molecule has 2 heteroatoms. The lowest BCUT2D eigenvalue weighted by atomic mass is 10.1. The molecule has 0 bridgehead atoms. The average molecular weight is 451 g/mol. The molecular weight excluding hydrogens is 392 g/mol. The third kappa shape index (κ3) is 23.9. The molecule has 0 aliphatic heterocycles. The van der Waals surface area contributed by atoms with Crippen LogP contribution >= 0.6 is 0 Å². The van der Waals surface area contributed by atoms with E-state index >= 15 is 0 Å². The lowest BCUT2D eigenvalue weighted by molar-refractivity contribution is -0.149. The van der Waals surface area contributed by atoms with Gasteiger partial charge in [0.05, 0.1) is 0 Å². The number of carbonyl (C=O) groups is 1. The van der Waals surface area contributed by atoms with Crippen molar-refractivity contribution < 1.29 is 9.53 Å². The van der Waals surface area contributed by atoms with E-state index in [4.69, 9.17) is 4.74 Å². The minimum absolute atomic E-state index is 0.0257. The highest BCUT2D eigenvalue weighted by Crippen LogP contribution is 2.16. The number of hydrogen-bond acceptors (Lipinski definition) is 2. The zero-order chi connectivity index (χ0) is 23.5. The van der Waals surface area contributed by atoms with E-state index in [0.717, 1.165) is 19.3 Å². The Balaban J connectivity index is 3.97. The second kappa shape index (κ2) is 26.5. The van der Waals surface area contributed by atoms with Gasteiger partial charge in [0.25, 0.3) is 0 Å². The largest absolute Gasteiger partial charge is 0.462 e. The number of esters is 1. The van der Waals surface area contributed by atoms with Gasteiger partial charge in [-0.1, -0.05) is 136 Å². The van der Waals surface area contributed by atoms with Crippen LogP contribution in [0.2, 0.25) is 0 Å². The Morgan fingerprint density at radius 2 is 1.06 bits per heavy atom. The quantitative estimate of drug-likeness (QED) is 0.0785. The monoisotopic (exact) mass is 450 g/mol. The minimum Gasteiger partial charge on any atom is -0.462 e. The van der Waals surface area contributed by atoms with Crippen molar-refractivity contribution in [3.05, 3.63) is 12.2 Å².